The van der Waals surface area contributed by atoms with Crippen LogP contribution in [0.15, 0.2) is 11.6 Å². The van der Waals surface area contributed by atoms with E-state index in [1.807, 2.05) is 11.6 Å². The number of rotatable bonds is 6. The molecule has 0 aromatic carbocycles. The second-order valence-electron chi connectivity index (χ2n) is 5.42. The zero-order chi connectivity index (χ0) is 12.0. The summed E-state index contributed by atoms with van der Waals surface area (Å²) in [6.07, 6.45) is 3.01. The highest BCUT2D eigenvalue weighted by molar-refractivity contribution is 7.09. The quantitative estimate of drug-likeness (QED) is 0.803. The minimum absolute atomic E-state index is 0.354. The summed E-state index contributed by atoms with van der Waals surface area (Å²) in [6, 6.07) is 0. The summed E-state index contributed by atoms with van der Waals surface area (Å²) < 4.78 is 0. The minimum Gasteiger partial charge on any atom is -0.330 e. The summed E-state index contributed by atoms with van der Waals surface area (Å²) in [6.45, 7) is 9.37. The Bertz CT molecular complexity index is 277. The van der Waals surface area contributed by atoms with Gasteiger partial charge in [0, 0.05) is 18.1 Å². The van der Waals surface area contributed by atoms with E-state index < -0.39 is 0 Å². The van der Waals surface area contributed by atoms with E-state index in [0.717, 1.165) is 31.1 Å². The molecule has 3 N–H and O–H groups in total. The number of nitrogens with two attached hydrogens (primary N) is 1. The molecule has 3 nitrogen and oxygen atoms in total. The molecule has 4 heteroatoms. The summed E-state index contributed by atoms with van der Waals surface area (Å²) >= 11 is 1.69. The highest BCUT2D eigenvalue weighted by Gasteiger charge is 2.17. The molecule has 0 fully saturated rings. The molecule has 1 atom stereocenters. The van der Waals surface area contributed by atoms with Crippen LogP contribution in [0.25, 0.3) is 0 Å². The lowest BCUT2D eigenvalue weighted by Crippen LogP contribution is -2.31. The monoisotopic (exact) mass is 241 g/mol. The van der Waals surface area contributed by atoms with Gasteiger partial charge in [-0.25, -0.2) is 4.98 Å². The van der Waals surface area contributed by atoms with Crippen LogP contribution in [-0.2, 0) is 6.54 Å². The van der Waals surface area contributed by atoms with E-state index in [1.165, 1.54) is 0 Å². The fraction of sp³-hybridized carbons (Fsp3) is 0.750. The predicted octanol–water partition coefficient (Wildman–Crippen LogP) is 2.24. The van der Waals surface area contributed by atoms with Gasteiger partial charge in [-0.3, -0.25) is 0 Å². The van der Waals surface area contributed by atoms with Crippen LogP contribution in [0.3, 0.4) is 0 Å². The first-order chi connectivity index (χ1) is 7.51. The first-order valence-corrected chi connectivity index (χ1v) is 6.68. The Kier molecular flexibility index (Phi) is 5.38. The molecule has 0 aliphatic heterocycles. The lowest BCUT2D eigenvalue weighted by atomic mass is 9.84. The SMILES string of the molecule is CC(C)(C)CC(CN)CNCc1nccs1. The van der Waals surface area contributed by atoms with Crippen molar-refractivity contribution < 1.29 is 0 Å². The average molecular weight is 241 g/mol. The van der Waals surface area contributed by atoms with Crippen molar-refractivity contribution in [2.24, 2.45) is 17.1 Å². The van der Waals surface area contributed by atoms with Crippen molar-refractivity contribution in [3.05, 3.63) is 16.6 Å². The van der Waals surface area contributed by atoms with Gasteiger partial charge >= 0.3 is 0 Å². The normalized spacial score (nSPS) is 14.0. The molecule has 1 unspecified atom stereocenters. The molecular weight excluding hydrogens is 218 g/mol. The molecule has 1 rings (SSSR count). The highest BCUT2D eigenvalue weighted by atomic mass is 32.1. The van der Waals surface area contributed by atoms with Gasteiger partial charge in [0.15, 0.2) is 0 Å². The summed E-state index contributed by atoms with van der Waals surface area (Å²) in [4.78, 5) is 4.24. The first-order valence-electron chi connectivity index (χ1n) is 5.80. The van der Waals surface area contributed by atoms with E-state index in [4.69, 9.17) is 5.73 Å². The van der Waals surface area contributed by atoms with Gasteiger partial charge in [0.25, 0.3) is 0 Å². The van der Waals surface area contributed by atoms with E-state index in [1.54, 1.807) is 11.3 Å². The molecule has 92 valence electrons. The molecule has 0 radical (unpaired) electrons. The van der Waals surface area contributed by atoms with Crippen molar-refractivity contribution in [1.29, 1.82) is 0 Å². The van der Waals surface area contributed by atoms with Crippen LogP contribution < -0.4 is 11.1 Å². The second kappa shape index (κ2) is 6.33. The van der Waals surface area contributed by atoms with Crippen LogP contribution in [-0.4, -0.2) is 18.1 Å². The number of aromatic nitrogens is 1. The minimum atomic E-state index is 0.354. The Morgan fingerprint density at radius 2 is 2.25 bits per heavy atom. The zero-order valence-corrected chi connectivity index (χ0v) is 11.3. The van der Waals surface area contributed by atoms with Gasteiger partial charge in [-0.05, 0) is 30.8 Å². The summed E-state index contributed by atoms with van der Waals surface area (Å²) in [5, 5.41) is 6.58. The fourth-order valence-corrected chi connectivity index (χ4v) is 2.41. The van der Waals surface area contributed by atoms with Crippen molar-refractivity contribution in [3.63, 3.8) is 0 Å². The summed E-state index contributed by atoms with van der Waals surface area (Å²) in [5.41, 5.74) is 6.14. The maximum atomic E-state index is 5.79. The highest BCUT2D eigenvalue weighted by Crippen LogP contribution is 2.23. The van der Waals surface area contributed by atoms with Gasteiger partial charge in [-0.15, -0.1) is 11.3 Å². The van der Waals surface area contributed by atoms with Crippen LogP contribution in [0, 0.1) is 11.3 Å². The Hall–Kier alpha value is -0.450. The van der Waals surface area contributed by atoms with E-state index in [2.05, 4.69) is 31.1 Å². The summed E-state index contributed by atoms with van der Waals surface area (Å²) in [5.74, 6) is 0.556. The third-order valence-corrected chi connectivity index (χ3v) is 3.21. The molecule has 1 aromatic heterocycles. The number of nitrogens with zero attached hydrogens (tertiary/aromatic N) is 1. The van der Waals surface area contributed by atoms with Crippen LogP contribution in [0.1, 0.15) is 32.2 Å². The van der Waals surface area contributed by atoms with Gasteiger partial charge in [0.1, 0.15) is 5.01 Å². The van der Waals surface area contributed by atoms with Gasteiger partial charge in [0.05, 0.1) is 0 Å². The van der Waals surface area contributed by atoms with Crippen LogP contribution in [0.2, 0.25) is 0 Å². The number of hydrogen-bond acceptors (Lipinski definition) is 4. The van der Waals surface area contributed by atoms with Gasteiger partial charge in [0.2, 0.25) is 0 Å². The maximum absolute atomic E-state index is 5.79. The van der Waals surface area contributed by atoms with Crippen molar-refractivity contribution >= 4 is 11.3 Å². The molecule has 0 saturated carbocycles. The number of thiazole rings is 1. The Labute approximate surface area is 102 Å². The Balaban J connectivity index is 2.24. The van der Waals surface area contributed by atoms with Crippen molar-refractivity contribution in [2.75, 3.05) is 13.1 Å². The fourth-order valence-electron chi connectivity index (χ4n) is 1.83. The molecule has 0 aliphatic rings. The number of hydrogen-bond donors (Lipinski definition) is 2. The molecule has 16 heavy (non-hydrogen) atoms. The lowest BCUT2D eigenvalue weighted by Gasteiger charge is -2.25. The Morgan fingerprint density at radius 1 is 1.50 bits per heavy atom. The van der Waals surface area contributed by atoms with E-state index in [9.17, 15) is 0 Å². The first kappa shape index (κ1) is 13.6. The molecule has 0 saturated heterocycles. The molecule has 1 heterocycles. The Morgan fingerprint density at radius 3 is 2.75 bits per heavy atom. The maximum Gasteiger partial charge on any atom is 0.106 e. The molecule has 1 aromatic rings. The predicted molar refractivity (Wildman–Crippen MR) is 70.4 cm³/mol. The van der Waals surface area contributed by atoms with Gasteiger partial charge in [-0.2, -0.15) is 0 Å². The van der Waals surface area contributed by atoms with E-state index >= 15 is 0 Å². The second-order valence-corrected chi connectivity index (χ2v) is 6.40. The van der Waals surface area contributed by atoms with Crippen molar-refractivity contribution in [3.8, 4) is 0 Å². The van der Waals surface area contributed by atoms with E-state index in [0.29, 0.717) is 11.3 Å². The topological polar surface area (TPSA) is 50.9 Å². The standard InChI is InChI=1S/C12H23N3S/c1-12(2,3)6-10(7-13)8-14-9-11-15-4-5-16-11/h4-5,10,14H,6-9,13H2,1-3H3. The lowest BCUT2D eigenvalue weighted by molar-refractivity contribution is 0.289. The molecule has 0 amide bonds. The molecular formula is C12H23N3S. The largest absolute Gasteiger partial charge is 0.330 e. The number of nitrogens with one attached hydrogen (secondary N) is 1. The van der Waals surface area contributed by atoms with Crippen molar-refractivity contribution in [2.45, 2.75) is 33.7 Å². The van der Waals surface area contributed by atoms with E-state index in [-0.39, 0.29) is 0 Å². The molecule has 0 spiro atoms. The molecule has 0 aliphatic carbocycles. The third kappa shape index (κ3) is 5.58. The van der Waals surface area contributed by atoms with Gasteiger partial charge < -0.3 is 11.1 Å². The van der Waals surface area contributed by atoms with Crippen molar-refractivity contribution in [1.82, 2.24) is 10.3 Å². The summed E-state index contributed by atoms with van der Waals surface area (Å²) in [7, 11) is 0. The zero-order valence-electron chi connectivity index (χ0n) is 10.5. The van der Waals surface area contributed by atoms with Gasteiger partial charge in [-0.1, -0.05) is 20.8 Å². The van der Waals surface area contributed by atoms with Crippen LogP contribution in [0.5, 0.6) is 0 Å². The van der Waals surface area contributed by atoms with Crippen LogP contribution in [0.4, 0.5) is 0 Å². The smallest absolute Gasteiger partial charge is 0.106 e. The average Bonchev–Trinajstić information content (AvgIpc) is 2.67. The molecule has 0 bridgehead atoms. The van der Waals surface area contributed by atoms with Crippen LogP contribution >= 0.6 is 11.3 Å². The third-order valence-electron chi connectivity index (χ3n) is 2.43.